The van der Waals surface area contributed by atoms with Crippen LogP contribution in [0.1, 0.15) is 5.69 Å². The number of imidazole rings is 1. The van der Waals surface area contributed by atoms with E-state index in [4.69, 9.17) is 4.74 Å². The summed E-state index contributed by atoms with van der Waals surface area (Å²) in [5, 5.41) is 7.97. The number of ether oxygens (including phenoxy) is 1. The Morgan fingerprint density at radius 3 is 2.88 bits per heavy atom. The molecule has 4 rings (SSSR count). The van der Waals surface area contributed by atoms with E-state index < -0.39 is 0 Å². The molecule has 1 saturated heterocycles. The highest BCUT2D eigenvalue weighted by Gasteiger charge is 2.20. The van der Waals surface area contributed by atoms with E-state index in [2.05, 4.69) is 34.5 Å². The molecule has 132 valence electrons. The maximum Gasteiger partial charge on any atom is 0.256 e. The minimum absolute atomic E-state index is 0.641. The van der Waals surface area contributed by atoms with Crippen LogP contribution in [0.5, 0.6) is 0 Å². The van der Waals surface area contributed by atoms with Crippen molar-refractivity contribution >= 4 is 11.6 Å². The van der Waals surface area contributed by atoms with Crippen molar-refractivity contribution in [1.29, 1.82) is 0 Å². The molecule has 1 fully saturated rings. The number of nitrogens with zero attached hydrogens (tertiary/aromatic N) is 8. The van der Waals surface area contributed by atoms with E-state index in [1.54, 1.807) is 19.6 Å². The second-order valence-corrected chi connectivity index (χ2v) is 6.14. The summed E-state index contributed by atoms with van der Waals surface area (Å²) in [7, 11) is 1.72. The van der Waals surface area contributed by atoms with E-state index in [0.717, 1.165) is 45.1 Å². The van der Waals surface area contributed by atoms with Crippen LogP contribution in [-0.4, -0.2) is 73.9 Å². The van der Waals surface area contributed by atoms with Gasteiger partial charge in [0.2, 0.25) is 0 Å². The van der Waals surface area contributed by atoms with Gasteiger partial charge in [-0.05, 0) is 6.07 Å². The summed E-state index contributed by atoms with van der Waals surface area (Å²) in [4.78, 5) is 13.3. The molecule has 0 radical (unpaired) electrons. The molecule has 25 heavy (non-hydrogen) atoms. The van der Waals surface area contributed by atoms with Gasteiger partial charge >= 0.3 is 0 Å². The van der Waals surface area contributed by atoms with E-state index >= 15 is 0 Å². The van der Waals surface area contributed by atoms with Gasteiger partial charge in [-0.3, -0.25) is 9.30 Å². The molecule has 4 heterocycles. The third-order valence-electron chi connectivity index (χ3n) is 4.61. The van der Waals surface area contributed by atoms with Gasteiger partial charge in [-0.25, -0.2) is 9.97 Å². The van der Waals surface area contributed by atoms with Gasteiger partial charge in [0.1, 0.15) is 12.1 Å². The Morgan fingerprint density at radius 2 is 2.04 bits per heavy atom. The van der Waals surface area contributed by atoms with Crippen LogP contribution in [0.15, 0.2) is 31.1 Å². The number of hydrogen-bond acceptors (Lipinski definition) is 7. The maximum absolute atomic E-state index is 5.17. The van der Waals surface area contributed by atoms with Gasteiger partial charge in [0.15, 0.2) is 0 Å². The Balaban J connectivity index is 1.39. The molecular formula is C16H22N8O. The summed E-state index contributed by atoms with van der Waals surface area (Å²) in [6.07, 6.45) is 7.34. The summed E-state index contributed by atoms with van der Waals surface area (Å²) in [6.45, 7) is 6.38. The maximum atomic E-state index is 5.17. The Labute approximate surface area is 145 Å². The minimum atomic E-state index is 0.641. The van der Waals surface area contributed by atoms with Gasteiger partial charge in [0, 0.05) is 58.8 Å². The minimum Gasteiger partial charge on any atom is -0.383 e. The van der Waals surface area contributed by atoms with Crippen molar-refractivity contribution in [2.45, 2.75) is 13.1 Å². The van der Waals surface area contributed by atoms with Crippen molar-refractivity contribution < 1.29 is 4.74 Å². The molecule has 9 heteroatoms. The number of hydrogen-bond donors (Lipinski definition) is 0. The number of methoxy groups -OCH3 is 1. The SMILES string of the molecule is COCCn1cncc1CN1CCN(c2ccnc3nncn23)CC1. The quantitative estimate of drug-likeness (QED) is 0.637. The van der Waals surface area contributed by atoms with Crippen molar-refractivity contribution in [1.82, 2.24) is 34.0 Å². The van der Waals surface area contributed by atoms with E-state index in [0.29, 0.717) is 12.4 Å². The zero-order valence-corrected chi connectivity index (χ0v) is 14.3. The normalized spacial score (nSPS) is 16.0. The molecule has 0 bridgehead atoms. The Hall–Kier alpha value is -2.52. The second kappa shape index (κ2) is 7.16. The van der Waals surface area contributed by atoms with E-state index in [1.807, 2.05) is 23.0 Å². The summed E-state index contributed by atoms with van der Waals surface area (Å²) < 4.78 is 9.27. The predicted molar refractivity (Wildman–Crippen MR) is 92.4 cm³/mol. The average Bonchev–Trinajstić information content (AvgIpc) is 3.29. The van der Waals surface area contributed by atoms with Gasteiger partial charge in [0.05, 0.1) is 18.6 Å². The number of aromatic nitrogens is 6. The van der Waals surface area contributed by atoms with Gasteiger partial charge in [-0.2, -0.15) is 0 Å². The lowest BCUT2D eigenvalue weighted by atomic mass is 10.3. The van der Waals surface area contributed by atoms with Crippen LogP contribution < -0.4 is 4.90 Å². The fourth-order valence-electron chi connectivity index (χ4n) is 3.22. The molecule has 0 atom stereocenters. The molecule has 3 aromatic rings. The highest BCUT2D eigenvalue weighted by atomic mass is 16.5. The molecule has 3 aromatic heterocycles. The highest BCUT2D eigenvalue weighted by Crippen LogP contribution is 2.17. The lowest BCUT2D eigenvalue weighted by molar-refractivity contribution is 0.183. The summed E-state index contributed by atoms with van der Waals surface area (Å²) >= 11 is 0. The Morgan fingerprint density at radius 1 is 1.16 bits per heavy atom. The monoisotopic (exact) mass is 342 g/mol. The van der Waals surface area contributed by atoms with Crippen molar-refractivity contribution in [2.75, 3.05) is 44.8 Å². The molecule has 0 unspecified atom stereocenters. The van der Waals surface area contributed by atoms with Gasteiger partial charge in [-0.1, -0.05) is 0 Å². The van der Waals surface area contributed by atoms with Crippen molar-refractivity contribution in [2.24, 2.45) is 0 Å². The zero-order valence-electron chi connectivity index (χ0n) is 14.3. The lowest BCUT2D eigenvalue weighted by Crippen LogP contribution is -2.46. The van der Waals surface area contributed by atoms with Crippen LogP contribution in [-0.2, 0) is 17.8 Å². The molecular weight excluding hydrogens is 320 g/mol. The first-order valence-corrected chi connectivity index (χ1v) is 8.45. The standard InChI is InChI=1S/C16H22N8O/c1-25-9-8-23-12-17-10-14(23)11-21-4-6-22(7-5-21)15-2-3-18-16-20-19-13-24(15)16/h2-3,10,12-13H,4-9,11H2,1H3. The van der Waals surface area contributed by atoms with E-state index in [9.17, 15) is 0 Å². The largest absolute Gasteiger partial charge is 0.383 e. The summed E-state index contributed by atoms with van der Waals surface area (Å²) in [6, 6.07) is 2.02. The highest BCUT2D eigenvalue weighted by molar-refractivity contribution is 5.46. The van der Waals surface area contributed by atoms with Crippen LogP contribution in [0.25, 0.3) is 5.78 Å². The Kier molecular flexibility index (Phi) is 4.57. The molecule has 1 aliphatic rings. The predicted octanol–water partition coefficient (Wildman–Crippen LogP) is 0.289. The van der Waals surface area contributed by atoms with Crippen molar-refractivity contribution in [3.05, 3.63) is 36.8 Å². The van der Waals surface area contributed by atoms with Crippen LogP contribution in [0.2, 0.25) is 0 Å². The van der Waals surface area contributed by atoms with Crippen molar-refractivity contribution in [3.8, 4) is 0 Å². The number of piperazine rings is 1. The first-order valence-electron chi connectivity index (χ1n) is 8.45. The molecule has 0 aliphatic carbocycles. The van der Waals surface area contributed by atoms with Crippen LogP contribution >= 0.6 is 0 Å². The van der Waals surface area contributed by atoms with E-state index in [1.165, 1.54) is 5.69 Å². The van der Waals surface area contributed by atoms with Gasteiger partial charge in [0.25, 0.3) is 5.78 Å². The molecule has 0 amide bonds. The topological polar surface area (TPSA) is 76.6 Å². The molecule has 0 N–H and O–H groups in total. The second-order valence-electron chi connectivity index (χ2n) is 6.14. The third-order valence-corrected chi connectivity index (χ3v) is 4.61. The zero-order chi connectivity index (χ0) is 17.1. The third kappa shape index (κ3) is 3.33. The van der Waals surface area contributed by atoms with Gasteiger partial charge in [-0.15, -0.1) is 10.2 Å². The lowest BCUT2D eigenvalue weighted by Gasteiger charge is -2.36. The van der Waals surface area contributed by atoms with Crippen molar-refractivity contribution in [3.63, 3.8) is 0 Å². The molecule has 1 aliphatic heterocycles. The summed E-state index contributed by atoms with van der Waals surface area (Å²) in [5.74, 6) is 1.74. The first-order chi connectivity index (χ1) is 12.3. The van der Waals surface area contributed by atoms with Crippen LogP contribution in [0.3, 0.4) is 0 Å². The smallest absolute Gasteiger partial charge is 0.256 e. The van der Waals surface area contributed by atoms with Crippen LogP contribution in [0, 0.1) is 0 Å². The first kappa shape index (κ1) is 16.0. The van der Waals surface area contributed by atoms with Gasteiger partial charge < -0.3 is 14.2 Å². The molecule has 0 saturated carbocycles. The number of rotatable bonds is 6. The van der Waals surface area contributed by atoms with Crippen LogP contribution in [0.4, 0.5) is 5.82 Å². The number of fused-ring (bicyclic) bond motifs is 1. The van der Waals surface area contributed by atoms with E-state index in [-0.39, 0.29) is 0 Å². The fourth-order valence-corrected chi connectivity index (χ4v) is 3.22. The molecule has 0 spiro atoms. The number of anilines is 1. The summed E-state index contributed by atoms with van der Waals surface area (Å²) in [5.41, 5.74) is 1.23. The average molecular weight is 342 g/mol. The Bertz CT molecular complexity index is 820. The fraction of sp³-hybridized carbons (Fsp3) is 0.500. The molecule has 9 nitrogen and oxygen atoms in total. The molecule has 0 aromatic carbocycles.